The normalized spacial score (nSPS) is 17.1. The van der Waals surface area contributed by atoms with Crippen molar-refractivity contribution in [3.63, 3.8) is 0 Å². The van der Waals surface area contributed by atoms with Crippen molar-refractivity contribution in [2.75, 3.05) is 5.32 Å². The van der Waals surface area contributed by atoms with Gasteiger partial charge in [-0.2, -0.15) is 0 Å². The maximum absolute atomic E-state index is 10.4. The van der Waals surface area contributed by atoms with Gasteiger partial charge < -0.3 is 5.32 Å². The van der Waals surface area contributed by atoms with Crippen LogP contribution in [-0.2, 0) is 0 Å². The number of nitrogens with one attached hydrogen (secondary N) is 1. The van der Waals surface area contributed by atoms with E-state index >= 15 is 0 Å². The number of hydrogen-bond donors (Lipinski definition) is 1. The van der Waals surface area contributed by atoms with Gasteiger partial charge in [0.25, 0.3) is 5.69 Å². The highest BCUT2D eigenvalue weighted by Gasteiger charge is 2.27. The molecule has 5 heteroatoms. The first-order valence-corrected chi connectivity index (χ1v) is 5.04. The van der Waals surface area contributed by atoms with Gasteiger partial charge in [-0.25, -0.2) is 4.98 Å². The number of nitro groups is 1. The molecule has 5 nitrogen and oxygen atoms in total. The molecule has 1 unspecified atom stereocenters. The fraction of sp³-hybridized carbons (Fsp3) is 0.500. The zero-order chi connectivity index (χ0) is 10.8. The van der Waals surface area contributed by atoms with Crippen LogP contribution in [0.25, 0.3) is 0 Å². The van der Waals surface area contributed by atoms with Crippen LogP contribution < -0.4 is 5.32 Å². The van der Waals surface area contributed by atoms with Crippen molar-refractivity contribution in [1.82, 2.24) is 4.98 Å². The molecule has 15 heavy (non-hydrogen) atoms. The van der Waals surface area contributed by atoms with Gasteiger partial charge in [-0.3, -0.25) is 10.1 Å². The lowest BCUT2D eigenvalue weighted by Crippen LogP contribution is -2.17. The van der Waals surface area contributed by atoms with Crippen molar-refractivity contribution < 1.29 is 4.92 Å². The van der Waals surface area contributed by atoms with Crippen molar-refractivity contribution in [2.24, 2.45) is 5.92 Å². The monoisotopic (exact) mass is 207 g/mol. The lowest BCUT2D eigenvalue weighted by atomic mass is 10.2. The topological polar surface area (TPSA) is 68.1 Å². The molecule has 1 atom stereocenters. The smallest absolute Gasteiger partial charge is 0.287 e. The summed E-state index contributed by atoms with van der Waals surface area (Å²) < 4.78 is 0. The van der Waals surface area contributed by atoms with E-state index in [0.717, 1.165) is 5.92 Å². The van der Waals surface area contributed by atoms with Gasteiger partial charge in [0.15, 0.2) is 0 Å². The first-order chi connectivity index (χ1) is 7.16. The van der Waals surface area contributed by atoms with Gasteiger partial charge >= 0.3 is 0 Å². The van der Waals surface area contributed by atoms with E-state index in [-0.39, 0.29) is 5.69 Å². The standard InChI is InChI=1S/C10H13N3O2/c1-7(8-2-3-8)12-10-5-4-9(6-11-10)13(14)15/h4-8H,2-3H2,1H3,(H,11,12). The molecule has 0 aromatic carbocycles. The molecular formula is C10H13N3O2. The Kier molecular flexibility index (Phi) is 2.53. The zero-order valence-electron chi connectivity index (χ0n) is 8.51. The third kappa shape index (κ3) is 2.43. The second-order valence-electron chi connectivity index (χ2n) is 3.93. The Labute approximate surface area is 87.7 Å². The Morgan fingerprint density at radius 3 is 2.80 bits per heavy atom. The molecular weight excluding hydrogens is 194 g/mol. The summed E-state index contributed by atoms with van der Waals surface area (Å²) in [6.45, 7) is 2.11. The van der Waals surface area contributed by atoms with Crippen molar-refractivity contribution in [3.05, 3.63) is 28.4 Å². The minimum absolute atomic E-state index is 0.0274. The van der Waals surface area contributed by atoms with Crippen LogP contribution in [0.2, 0.25) is 0 Å². The van der Waals surface area contributed by atoms with Gasteiger partial charge in [-0.05, 0) is 31.7 Å². The summed E-state index contributed by atoms with van der Waals surface area (Å²) in [7, 11) is 0. The van der Waals surface area contributed by atoms with Crippen molar-refractivity contribution in [2.45, 2.75) is 25.8 Å². The van der Waals surface area contributed by atoms with Crippen LogP contribution in [0, 0.1) is 16.0 Å². The molecule has 0 radical (unpaired) electrons. The predicted octanol–water partition coefficient (Wildman–Crippen LogP) is 2.20. The van der Waals surface area contributed by atoms with Crippen LogP contribution in [0.15, 0.2) is 18.3 Å². The second-order valence-corrected chi connectivity index (χ2v) is 3.93. The molecule has 1 saturated carbocycles. The van der Waals surface area contributed by atoms with E-state index in [2.05, 4.69) is 17.2 Å². The second kappa shape index (κ2) is 3.84. The lowest BCUT2D eigenvalue weighted by Gasteiger charge is -2.12. The quantitative estimate of drug-likeness (QED) is 0.607. The Morgan fingerprint density at radius 1 is 1.60 bits per heavy atom. The Hall–Kier alpha value is -1.65. The van der Waals surface area contributed by atoms with E-state index in [4.69, 9.17) is 0 Å². The molecule has 1 fully saturated rings. The zero-order valence-corrected chi connectivity index (χ0v) is 8.51. The van der Waals surface area contributed by atoms with E-state index in [9.17, 15) is 10.1 Å². The third-order valence-electron chi connectivity index (χ3n) is 2.66. The number of aromatic nitrogens is 1. The van der Waals surface area contributed by atoms with Crippen LogP contribution in [0.5, 0.6) is 0 Å². The van der Waals surface area contributed by atoms with E-state index in [1.165, 1.54) is 25.1 Å². The number of pyridine rings is 1. The third-order valence-corrected chi connectivity index (χ3v) is 2.66. The Bertz CT molecular complexity index is 359. The maximum atomic E-state index is 10.4. The van der Waals surface area contributed by atoms with Crippen LogP contribution in [0.4, 0.5) is 11.5 Å². The van der Waals surface area contributed by atoms with Gasteiger partial charge in [0.05, 0.1) is 4.92 Å². The molecule has 1 N–H and O–H groups in total. The van der Waals surface area contributed by atoms with Gasteiger partial charge in [0, 0.05) is 12.1 Å². The molecule has 0 bridgehead atoms. The highest BCUT2D eigenvalue weighted by atomic mass is 16.6. The highest BCUT2D eigenvalue weighted by molar-refractivity contribution is 5.41. The first-order valence-electron chi connectivity index (χ1n) is 5.04. The van der Waals surface area contributed by atoms with E-state index in [1.54, 1.807) is 6.07 Å². The highest BCUT2D eigenvalue weighted by Crippen LogP contribution is 2.33. The molecule has 80 valence electrons. The average Bonchev–Trinajstić information content (AvgIpc) is 3.01. The Morgan fingerprint density at radius 2 is 2.33 bits per heavy atom. The predicted molar refractivity (Wildman–Crippen MR) is 56.7 cm³/mol. The number of nitrogens with zero attached hydrogens (tertiary/aromatic N) is 2. The van der Waals surface area contributed by atoms with Crippen molar-refractivity contribution in [1.29, 1.82) is 0 Å². The maximum Gasteiger partial charge on any atom is 0.287 e. The van der Waals surface area contributed by atoms with Crippen LogP contribution in [-0.4, -0.2) is 15.9 Å². The minimum atomic E-state index is -0.443. The van der Waals surface area contributed by atoms with Gasteiger partial charge in [0.1, 0.15) is 12.0 Å². The van der Waals surface area contributed by atoms with Crippen molar-refractivity contribution >= 4 is 11.5 Å². The van der Waals surface area contributed by atoms with Crippen LogP contribution in [0.3, 0.4) is 0 Å². The fourth-order valence-corrected chi connectivity index (χ4v) is 1.53. The first kappa shape index (κ1) is 9.89. The fourth-order valence-electron chi connectivity index (χ4n) is 1.53. The van der Waals surface area contributed by atoms with E-state index < -0.39 is 4.92 Å². The van der Waals surface area contributed by atoms with Crippen molar-refractivity contribution in [3.8, 4) is 0 Å². The molecule has 1 aliphatic carbocycles. The largest absolute Gasteiger partial charge is 0.367 e. The SMILES string of the molecule is CC(Nc1ccc([N+](=O)[O-])cn1)C1CC1. The molecule has 0 aliphatic heterocycles. The number of hydrogen-bond acceptors (Lipinski definition) is 4. The van der Waals surface area contributed by atoms with Crippen LogP contribution >= 0.6 is 0 Å². The molecule has 1 aliphatic rings. The molecule has 0 amide bonds. The van der Waals surface area contributed by atoms with Gasteiger partial charge in [-0.15, -0.1) is 0 Å². The molecule has 0 spiro atoms. The summed E-state index contributed by atoms with van der Waals surface area (Å²) in [6.07, 6.45) is 3.81. The molecule has 1 aromatic rings. The summed E-state index contributed by atoms with van der Waals surface area (Å²) in [5.41, 5.74) is 0.0274. The minimum Gasteiger partial charge on any atom is -0.367 e. The molecule has 0 saturated heterocycles. The summed E-state index contributed by atoms with van der Waals surface area (Å²) in [5, 5.41) is 13.6. The lowest BCUT2D eigenvalue weighted by molar-refractivity contribution is -0.385. The van der Waals surface area contributed by atoms with Crippen LogP contribution in [0.1, 0.15) is 19.8 Å². The Balaban J connectivity index is 1.99. The summed E-state index contributed by atoms with van der Waals surface area (Å²) in [5.74, 6) is 1.45. The van der Waals surface area contributed by atoms with Gasteiger partial charge in [-0.1, -0.05) is 0 Å². The van der Waals surface area contributed by atoms with E-state index in [1.807, 2.05) is 0 Å². The summed E-state index contributed by atoms with van der Waals surface area (Å²) in [6, 6.07) is 3.52. The number of rotatable bonds is 4. The number of anilines is 1. The molecule has 2 rings (SSSR count). The average molecular weight is 207 g/mol. The molecule has 1 aromatic heterocycles. The van der Waals surface area contributed by atoms with E-state index in [0.29, 0.717) is 11.9 Å². The molecule has 1 heterocycles. The van der Waals surface area contributed by atoms with Gasteiger partial charge in [0.2, 0.25) is 0 Å². The summed E-state index contributed by atoms with van der Waals surface area (Å²) in [4.78, 5) is 14.0. The summed E-state index contributed by atoms with van der Waals surface area (Å²) >= 11 is 0.